The number of nitrogens with zero attached hydrogens (tertiary/aromatic N) is 2. The number of nitriles is 1. The van der Waals surface area contributed by atoms with E-state index in [1.807, 2.05) is 13.0 Å². The van der Waals surface area contributed by atoms with Crippen LogP contribution < -0.4 is 5.32 Å². The Kier molecular flexibility index (Phi) is 4.42. The predicted octanol–water partition coefficient (Wildman–Crippen LogP) is 2.16. The highest BCUT2D eigenvalue weighted by atomic mass is 16.6. The average molecular weight is 219 g/mol. The van der Waals surface area contributed by atoms with Gasteiger partial charge in [-0.25, -0.2) is 0 Å². The molecule has 16 heavy (non-hydrogen) atoms. The monoisotopic (exact) mass is 219 g/mol. The van der Waals surface area contributed by atoms with Gasteiger partial charge >= 0.3 is 0 Å². The zero-order valence-electron chi connectivity index (χ0n) is 9.01. The van der Waals surface area contributed by atoms with Gasteiger partial charge in [-0.3, -0.25) is 10.1 Å². The summed E-state index contributed by atoms with van der Waals surface area (Å²) < 4.78 is 0. The molecule has 1 rings (SSSR count). The minimum atomic E-state index is -0.391. The van der Waals surface area contributed by atoms with Gasteiger partial charge in [0, 0.05) is 30.6 Å². The van der Waals surface area contributed by atoms with Crippen molar-refractivity contribution in [3.05, 3.63) is 39.9 Å². The standard InChI is InChI=1S/C11H13N3O2/c1-9(13-8-4-7-12)10-5-2-3-6-11(10)14(15)16/h2-3,5-6,9,13H,4,8H2,1H3. The molecule has 0 fully saturated rings. The van der Waals surface area contributed by atoms with E-state index >= 15 is 0 Å². The Morgan fingerprint density at radius 2 is 2.25 bits per heavy atom. The Labute approximate surface area is 93.9 Å². The predicted molar refractivity (Wildman–Crippen MR) is 59.7 cm³/mol. The summed E-state index contributed by atoms with van der Waals surface area (Å²) >= 11 is 0. The molecule has 84 valence electrons. The van der Waals surface area contributed by atoms with Crippen molar-refractivity contribution in [2.45, 2.75) is 19.4 Å². The second kappa shape index (κ2) is 5.83. The number of benzene rings is 1. The lowest BCUT2D eigenvalue weighted by Gasteiger charge is -2.12. The average Bonchev–Trinajstić information content (AvgIpc) is 2.29. The van der Waals surface area contributed by atoms with Crippen molar-refractivity contribution in [1.29, 1.82) is 5.26 Å². The maximum Gasteiger partial charge on any atom is 0.274 e. The van der Waals surface area contributed by atoms with Crippen LogP contribution in [0.3, 0.4) is 0 Å². The van der Waals surface area contributed by atoms with Crippen molar-refractivity contribution < 1.29 is 4.92 Å². The maximum absolute atomic E-state index is 10.8. The number of hydrogen-bond donors (Lipinski definition) is 1. The molecule has 0 aliphatic heterocycles. The van der Waals surface area contributed by atoms with E-state index in [1.54, 1.807) is 18.2 Å². The molecule has 0 bridgehead atoms. The topological polar surface area (TPSA) is 79.0 Å². The minimum Gasteiger partial charge on any atom is -0.309 e. The Hall–Kier alpha value is -1.93. The molecule has 0 saturated heterocycles. The van der Waals surface area contributed by atoms with Crippen molar-refractivity contribution in [3.8, 4) is 6.07 Å². The molecule has 0 amide bonds. The normalized spacial score (nSPS) is 11.8. The first kappa shape index (κ1) is 12.1. The van der Waals surface area contributed by atoms with Crippen LogP contribution in [0.1, 0.15) is 24.9 Å². The molecule has 0 radical (unpaired) electrons. The van der Waals surface area contributed by atoms with Crippen LogP contribution >= 0.6 is 0 Å². The summed E-state index contributed by atoms with van der Waals surface area (Å²) in [4.78, 5) is 10.4. The van der Waals surface area contributed by atoms with Gasteiger partial charge in [-0.05, 0) is 6.92 Å². The smallest absolute Gasteiger partial charge is 0.274 e. The van der Waals surface area contributed by atoms with Crippen LogP contribution in [0.25, 0.3) is 0 Å². The second-order valence-corrected chi connectivity index (χ2v) is 3.40. The van der Waals surface area contributed by atoms with Crippen molar-refractivity contribution in [1.82, 2.24) is 5.32 Å². The van der Waals surface area contributed by atoms with Gasteiger partial charge in [0.2, 0.25) is 0 Å². The molecule has 0 aliphatic rings. The van der Waals surface area contributed by atoms with E-state index in [1.165, 1.54) is 6.07 Å². The van der Waals surface area contributed by atoms with Gasteiger partial charge in [0.25, 0.3) is 5.69 Å². The van der Waals surface area contributed by atoms with Crippen LogP contribution in [0.15, 0.2) is 24.3 Å². The van der Waals surface area contributed by atoms with Gasteiger partial charge in [0.15, 0.2) is 0 Å². The summed E-state index contributed by atoms with van der Waals surface area (Å²) in [7, 11) is 0. The summed E-state index contributed by atoms with van der Waals surface area (Å²) in [6, 6.07) is 8.51. The molecule has 1 atom stereocenters. The molecule has 1 aromatic rings. The molecule has 0 aliphatic carbocycles. The SMILES string of the molecule is CC(NCCC#N)c1ccccc1[N+](=O)[O-]. The molecular formula is C11H13N3O2. The number of hydrogen-bond acceptors (Lipinski definition) is 4. The Bertz CT molecular complexity index is 412. The third-order valence-electron chi connectivity index (χ3n) is 2.29. The fourth-order valence-corrected chi connectivity index (χ4v) is 1.47. The highest BCUT2D eigenvalue weighted by Gasteiger charge is 2.17. The molecular weight excluding hydrogens is 206 g/mol. The zero-order chi connectivity index (χ0) is 12.0. The summed E-state index contributed by atoms with van der Waals surface area (Å²) in [6.07, 6.45) is 0.394. The summed E-state index contributed by atoms with van der Waals surface area (Å²) in [5.41, 5.74) is 0.755. The Morgan fingerprint density at radius 1 is 1.56 bits per heavy atom. The van der Waals surface area contributed by atoms with Gasteiger partial charge in [-0.2, -0.15) is 5.26 Å². The van der Waals surface area contributed by atoms with Crippen molar-refractivity contribution in [2.75, 3.05) is 6.54 Å². The summed E-state index contributed by atoms with van der Waals surface area (Å²) in [5.74, 6) is 0. The molecule has 0 aromatic heterocycles. The third-order valence-corrected chi connectivity index (χ3v) is 2.29. The zero-order valence-corrected chi connectivity index (χ0v) is 9.01. The summed E-state index contributed by atoms with van der Waals surface area (Å²) in [6.45, 7) is 2.38. The quantitative estimate of drug-likeness (QED) is 0.467. The van der Waals surface area contributed by atoms with Gasteiger partial charge in [0.1, 0.15) is 0 Å². The van der Waals surface area contributed by atoms with Gasteiger partial charge in [-0.15, -0.1) is 0 Å². The molecule has 1 N–H and O–H groups in total. The number of rotatable bonds is 5. The lowest BCUT2D eigenvalue weighted by molar-refractivity contribution is -0.385. The van der Waals surface area contributed by atoms with E-state index in [2.05, 4.69) is 5.32 Å². The first-order valence-corrected chi connectivity index (χ1v) is 5.00. The number of nitrogens with one attached hydrogen (secondary N) is 1. The number of nitro benzene ring substituents is 1. The van der Waals surface area contributed by atoms with Crippen LogP contribution in [-0.2, 0) is 0 Å². The number of para-hydroxylation sites is 1. The van der Waals surface area contributed by atoms with Crippen LogP contribution in [0.5, 0.6) is 0 Å². The molecule has 5 heteroatoms. The van der Waals surface area contributed by atoms with E-state index in [4.69, 9.17) is 5.26 Å². The van der Waals surface area contributed by atoms with Crippen LogP contribution in [-0.4, -0.2) is 11.5 Å². The van der Waals surface area contributed by atoms with Crippen molar-refractivity contribution >= 4 is 5.69 Å². The van der Waals surface area contributed by atoms with Gasteiger partial charge in [0.05, 0.1) is 11.0 Å². The first-order chi connectivity index (χ1) is 7.66. The van der Waals surface area contributed by atoms with E-state index in [9.17, 15) is 10.1 Å². The highest BCUT2D eigenvalue weighted by Crippen LogP contribution is 2.24. The van der Waals surface area contributed by atoms with Crippen molar-refractivity contribution in [3.63, 3.8) is 0 Å². The highest BCUT2D eigenvalue weighted by molar-refractivity contribution is 5.41. The molecule has 0 spiro atoms. The van der Waals surface area contributed by atoms with Gasteiger partial charge < -0.3 is 5.32 Å². The minimum absolute atomic E-state index is 0.111. The largest absolute Gasteiger partial charge is 0.309 e. The van der Waals surface area contributed by atoms with Crippen LogP contribution in [0, 0.1) is 21.4 Å². The first-order valence-electron chi connectivity index (χ1n) is 5.00. The molecule has 1 aromatic carbocycles. The van der Waals surface area contributed by atoms with Crippen molar-refractivity contribution in [2.24, 2.45) is 0 Å². The van der Waals surface area contributed by atoms with Gasteiger partial charge in [-0.1, -0.05) is 18.2 Å². The fraction of sp³-hybridized carbons (Fsp3) is 0.364. The maximum atomic E-state index is 10.8. The lowest BCUT2D eigenvalue weighted by Crippen LogP contribution is -2.20. The van der Waals surface area contributed by atoms with E-state index in [0.717, 1.165) is 0 Å². The molecule has 5 nitrogen and oxygen atoms in total. The molecule has 0 heterocycles. The molecule has 0 saturated carbocycles. The van der Waals surface area contributed by atoms with Crippen LogP contribution in [0.2, 0.25) is 0 Å². The second-order valence-electron chi connectivity index (χ2n) is 3.40. The number of nitro groups is 1. The van der Waals surface area contributed by atoms with E-state index in [0.29, 0.717) is 18.5 Å². The lowest BCUT2D eigenvalue weighted by atomic mass is 10.1. The Morgan fingerprint density at radius 3 is 2.88 bits per heavy atom. The fourth-order valence-electron chi connectivity index (χ4n) is 1.47. The summed E-state index contributed by atoms with van der Waals surface area (Å²) in [5, 5.41) is 22.2. The van der Waals surface area contributed by atoms with E-state index < -0.39 is 4.92 Å². The van der Waals surface area contributed by atoms with E-state index in [-0.39, 0.29) is 11.7 Å². The molecule has 1 unspecified atom stereocenters. The Balaban J connectivity index is 2.78. The third kappa shape index (κ3) is 3.04. The van der Waals surface area contributed by atoms with Crippen LogP contribution in [0.4, 0.5) is 5.69 Å².